The highest BCUT2D eigenvalue weighted by molar-refractivity contribution is 6.35. The third kappa shape index (κ3) is 5.00. The Kier molecular flexibility index (Phi) is 7.21. The minimum atomic E-state index is -0.471. The van der Waals surface area contributed by atoms with Gasteiger partial charge in [0.15, 0.2) is 5.82 Å². The van der Waals surface area contributed by atoms with E-state index >= 15 is 4.39 Å². The lowest BCUT2D eigenvalue weighted by atomic mass is 9.95. The molecular weight excluding hydrogens is 567 g/mol. The van der Waals surface area contributed by atoms with Crippen molar-refractivity contribution in [2.24, 2.45) is 0 Å². The predicted octanol–water partition coefficient (Wildman–Crippen LogP) is 5.17. The van der Waals surface area contributed by atoms with Crippen LogP contribution in [0.3, 0.4) is 0 Å². The number of nitrogens with one attached hydrogen (secondary N) is 1. The van der Waals surface area contributed by atoms with Crippen molar-refractivity contribution in [2.75, 3.05) is 56.1 Å². The number of piperazine rings is 1. The lowest BCUT2D eigenvalue weighted by Crippen LogP contribution is -2.49. The van der Waals surface area contributed by atoms with E-state index in [9.17, 15) is 4.79 Å². The molecule has 9 nitrogen and oxygen atoms in total. The number of aromatic amines is 1. The first-order valence-electron chi connectivity index (χ1n) is 15.1. The zero-order valence-electron chi connectivity index (χ0n) is 24.6. The van der Waals surface area contributed by atoms with Crippen LogP contribution in [-0.4, -0.2) is 94.3 Å². The molecule has 224 valence electrons. The lowest BCUT2D eigenvalue weighted by molar-refractivity contribution is -0.126. The average Bonchev–Trinajstić information content (AvgIpc) is 3.78. The van der Waals surface area contributed by atoms with Crippen LogP contribution in [0.5, 0.6) is 0 Å². The van der Waals surface area contributed by atoms with E-state index < -0.39 is 5.82 Å². The van der Waals surface area contributed by atoms with Gasteiger partial charge in [-0.1, -0.05) is 24.2 Å². The fourth-order valence-corrected chi connectivity index (χ4v) is 7.05. The standard InChI is InChI=1S/C32H36ClFN8O/c1-4-26(43)41-13-15-42(16-14-41)31-22-17-24(33)28(27-19(2)5-8-25-23(27)18-35-38-25)29(34)30(22)36-32(37-31)39(3)20-9-11-40(12-10-20)21-6-7-21/h4-5,8,17-18,20-21H,1,6-7,9-16H2,2-3H3,(H,35,38). The molecule has 2 aromatic carbocycles. The summed E-state index contributed by atoms with van der Waals surface area (Å²) in [4.78, 5) is 30.8. The van der Waals surface area contributed by atoms with Crippen LogP contribution < -0.4 is 9.80 Å². The zero-order valence-corrected chi connectivity index (χ0v) is 25.4. The van der Waals surface area contributed by atoms with Gasteiger partial charge in [0.1, 0.15) is 11.3 Å². The summed E-state index contributed by atoms with van der Waals surface area (Å²) in [5.41, 5.74) is 2.97. The van der Waals surface area contributed by atoms with Crippen molar-refractivity contribution in [3.63, 3.8) is 0 Å². The van der Waals surface area contributed by atoms with Gasteiger partial charge in [-0.25, -0.2) is 9.37 Å². The topological polar surface area (TPSA) is 84.5 Å². The number of piperidine rings is 1. The molecule has 0 unspecified atom stereocenters. The Hall–Kier alpha value is -3.76. The van der Waals surface area contributed by atoms with Crippen molar-refractivity contribution < 1.29 is 9.18 Å². The molecule has 7 rings (SSSR count). The highest BCUT2D eigenvalue weighted by atomic mass is 35.5. The van der Waals surface area contributed by atoms with Crippen molar-refractivity contribution >= 4 is 51.1 Å². The molecule has 3 aliphatic rings. The second kappa shape index (κ2) is 11.1. The Balaban J connectivity index is 1.33. The number of aromatic nitrogens is 4. The molecule has 0 radical (unpaired) electrons. The SMILES string of the molecule is C=CC(=O)N1CCN(c2nc(N(C)C3CCN(C4CC4)CC3)nc3c(F)c(-c4c(C)ccc5[nH]ncc45)c(Cl)cc23)CC1. The van der Waals surface area contributed by atoms with Gasteiger partial charge < -0.3 is 19.6 Å². The number of aryl methyl sites for hydroxylation is 1. The number of amides is 1. The van der Waals surface area contributed by atoms with E-state index in [1.165, 1.54) is 18.9 Å². The van der Waals surface area contributed by atoms with Crippen LogP contribution in [0.25, 0.3) is 32.9 Å². The second-order valence-corrected chi connectivity index (χ2v) is 12.4. The summed E-state index contributed by atoms with van der Waals surface area (Å²) < 4.78 is 16.9. The fraction of sp³-hybridized carbons (Fsp3) is 0.438. The molecule has 2 aliphatic heterocycles. The number of hydrogen-bond acceptors (Lipinski definition) is 7. The van der Waals surface area contributed by atoms with E-state index in [4.69, 9.17) is 21.6 Å². The third-order valence-corrected chi connectivity index (χ3v) is 9.72. The van der Waals surface area contributed by atoms with Gasteiger partial charge in [0, 0.05) is 80.3 Å². The summed E-state index contributed by atoms with van der Waals surface area (Å²) in [7, 11) is 2.02. The van der Waals surface area contributed by atoms with E-state index in [2.05, 4.69) is 31.5 Å². The number of rotatable bonds is 6. The first kappa shape index (κ1) is 28.0. The molecule has 2 saturated heterocycles. The zero-order chi connectivity index (χ0) is 29.8. The number of benzene rings is 2. The summed E-state index contributed by atoms with van der Waals surface area (Å²) in [5.74, 6) is 0.579. The van der Waals surface area contributed by atoms with Crippen molar-refractivity contribution in [1.82, 2.24) is 30.0 Å². The average molecular weight is 603 g/mol. The van der Waals surface area contributed by atoms with Crippen molar-refractivity contribution in [1.29, 1.82) is 0 Å². The minimum Gasteiger partial charge on any atom is -0.352 e. The van der Waals surface area contributed by atoms with E-state index in [0.29, 0.717) is 59.5 Å². The van der Waals surface area contributed by atoms with Gasteiger partial charge in [-0.3, -0.25) is 9.89 Å². The Morgan fingerprint density at radius 2 is 1.81 bits per heavy atom. The first-order chi connectivity index (χ1) is 20.8. The number of halogens is 2. The van der Waals surface area contributed by atoms with Crippen LogP contribution in [0.15, 0.2) is 37.1 Å². The Bertz CT molecular complexity index is 1720. The van der Waals surface area contributed by atoms with Gasteiger partial charge in [-0.05, 0) is 56.4 Å². The summed E-state index contributed by atoms with van der Waals surface area (Å²) in [6, 6.07) is 6.69. The maximum Gasteiger partial charge on any atom is 0.246 e. The molecular formula is C32H36ClFN8O. The van der Waals surface area contributed by atoms with E-state index in [1.807, 2.05) is 26.1 Å². The smallest absolute Gasteiger partial charge is 0.246 e. The summed E-state index contributed by atoms with van der Waals surface area (Å²) in [6.07, 6.45) is 7.69. The van der Waals surface area contributed by atoms with Gasteiger partial charge in [-0.2, -0.15) is 10.1 Å². The Morgan fingerprint density at radius 1 is 1.07 bits per heavy atom. The maximum absolute atomic E-state index is 16.9. The molecule has 1 aliphatic carbocycles. The van der Waals surface area contributed by atoms with Crippen LogP contribution in [0.2, 0.25) is 5.02 Å². The first-order valence-corrected chi connectivity index (χ1v) is 15.5. The van der Waals surface area contributed by atoms with Gasteiger partial charge in [-0.15, -0.1) is 0 Å². The largest absolute Gasteiger partial charge is 0.352 e. The quantitative estimate of drug-likeness (QED) is 0.305. The molecule has 1 N–H and O–H groups in total. The van der Waals surface area contributed by atoms with Crippen LogP contribution in [-0.2, 0) is 4.79 Å². The molecule has 2 aromatic heterocycles. The number of carbonyl (C=O) groups is 1. The summed E-state index contributed by atoms with van der Waals surface area (Å²) >= 11 is 6.92. The highest BCUT2D eigenvalue weighted by Crippen LogP contribution is 2.42. The van der Waals surface area contributed by atoms with Crippen LogP contribution in [0, 0.1) is 12.7 Å². The maximum atomic E-state index is 16.9. The number of likely N-dealkylation sites (tertiary alicyclic amines) is 1. The molecule has 0 bridgehead atoms. The normalized spacial score (nSPS) is 18.5. The molecule has 0 atom stereocenters. The van der Waals surface area contributed by atoms with E-state index in [-0.39, 0.29) is 17.5 Å². The molecule has 1 amide bonds. The second-order valence-electron chi connectivity index (χ2n) is 12.0. The van der Waals surface area contributed by atoms with Gasteiger partial charge >= 0.3 is 0 Å². The molecule has 4 aromatic rings. The third-order valence-electron chi connectivity index (χ3n) is 9.42. The number of anilines is 2. The van der Waals surface area contributed by atoms with Gasteiger partial charge in [0.05, 0.1) is 16.7 Å². The van der Waals surface area contributed by atoms with Crippen molar-refractivity contribution in [3.05, 3.63) is 53.5 Å². The van der Waals surface area contributed by atoms with E-state index in [0.717, 1.165) is 48.4 Å². The molecule has 1 saturated carbocycles. The lowest BCUT2D eigenvalue weighted by Gasteiger charge is -2.38. The number of hydrogen-bond donors (Lipinski definition) is 1. The monoisotopic (exact) mass is 602 g/mol. The molecule has 0 spiro atoms. The van der Waals surface area contributed by atoms with Crippen molar-refractivity contribution in [2.45, 2.75) is 44.7 Å². The van der Waals surface area contributed by atoms with Crippen LogP contribution in [0.1, 0.15) is 31.2 Å². The molecule has 3 fully saturated rings. The Labute approximate surface area is 255 Å². The van der Waals surface area contributed by atoms with Crippen LogP contribution >= 0.6 is 11.6 Å². The summed E-state index contributed by atoms with van der Waals surface area (Å²) in [5, 5.41) is 8.83. The molecule has 4 heterocycles. The number of nitrogens with zero attached hydrogens (tertiary/aromatic N) is 7. The Morgan fingerprint density at radius 3 is 2.51 bits per heavy atom. The van der Waals surface area contributed by atoms with Crippen molar-refractivity contribution in [3.8, 4) is 11.1 Å². The highest BCUT2D eigenvalue weighted by Gasteiger charge is 2.34. The van der Waals surface area contributed by atoms with Gasteiger partial charge in [0.25, 0.3) is 0 Å². The minimum absolute atomic E-state index is 0.0901. The number of fused-ring (bicyclic) bond motifs is 2. The number of carbonyl (C=O) groups excluding carboxylic acids is 1. The van der Waals surface area contributed by atoms with E-state index in [1.54, 1.807) is 17.2 Å². The van der Waals surface area contributed by atoms with Gasteiger partial charge in [0.2, 0.25) is 11.9 Å². The van der Waals surface area contributed by atoms with Crippen LogP contribution in [0.4, 0.5) is 16.2 Å². The predicted molar refractivity (Wildman–Crippen MR) is 169 cm³/mol. The number of H-pyrrole nitrogens is 1. The molecule has 11 heteroatoms. The molecule has 43 heavy (non-hydrogen) atoms. The summed E-state index contributed by atoms with van der Waals surface area (Å²) in [6.45, 7) is 9.85. The fourth-order valence-electron chi connectivity index (χ4n) is 6.76.